The van der Waals surface area contributed by atoms with Crippen LogP contribution in [0.15, 0.2) is 118 Å². The van der Waals surface area contributed by atoms with Gasteiger partial charge in [-0.2, -0.15) is 4.58 Å². The summed E-state index contributed by atoms with van der Waals surface area (Å²) in [6, 6.07) is 25.7. The van der Waals surface area contributed by atoms with Gasteiger partial charge in [-0.05, 0) is 107 Å². The molecule has 356 valence electrons. The number of carbonyl (C=O) groups excluding carboxylic acids is 1. The molecule has 4 aromatic rings. The van der Waals surface area contributed by atoms with E-state index in [1.807, 2.05) is 12.1 Å². The van der Waals surface area contributed by atoms with Gasteiger partial charge in [-0.1, -0.05) is 106 Å². The van der Waals surface area contributed by atoms with E-state index in [0.717, 1.165) is 76.9 Å². The highest BCUT2D eigenvalue weighted by atomic mass is 16.5. The van der Waals surface area contributed by atoms with E-state index in [9.17, 15) is 14.4 Å². The first-order chi connectivity index (χ1) is 32.5. The lowest BCUT2D eigenvalue weighted by Gasteiger charge is -2.27. The SMILES string of the molecule is C[N+]1=C(C=CC=CC=C2N(CCCCCC(=O)NCCCCCCNc3c(NCCCOc4cccc(CN5CCCCC5)c4)c(=O)c3=O)c3ccccc3C2(C)C)C(C)(C)c2ccccc21. The second-order valence-electron chi connectivity index (χ2n) is 19.7. The summed E-state index contributed by atoms with van der Waals surface area (Å²) in [6.07, 6.45) is 22.7. The number of allylic oxidation sites excluding steroid dienone is 6. The number of fused-ring (bicyclic) bond motifs is 2. The van der Waals surface area contributed by atoms with Crippen LogP contribution in [0.5, 0.6) is 5.75 Å². The number of likely N-dealkylation sites (tertiary alicyclic amines) is 1. The van der Waals surface area contributed by atoms with Gasteiger partial charge in [0.1, 0.15) is 24.2 Å². The molecule has 3 heterocycles. The molecule has 4 aromatic carbocycles. The average Bonchev–Trinajstić information content (AvgIpc) is 3.66. The van der Waals surface area contributed by atoms with Crippen LogP contribution in [0.2, 0.25) is 0 Å². The van der Waals surface area contributed by atoms with Crippen molar-refractivity contribution in [1.82, 2.24) is 10.2 Å². The molecule has 67 heavy (non-hydrogen) atoms. The quantitative estimate of drug-likeness (QED) is 0.0261. The second-order valence-corrected chi connectivity index (χ2v) is 19.7. The van der Waals surface area contributed by atoms with Crippen LogP contribution in [-0.2, 0) is 22.2 Å². The lowest BCUT2D eigenvalue weighted by molar-refractivity contribution is -0.401. The number of ether oxygens (including phenoxy) is 1. The van der Waals surface area contributed by atoms with Crippen molar-refractivity contribution in [3.63, 3.8) is 0 Å². The number of amides is 1. The minimum Gasteiger partial charge on any atom is -0.494 e. The van der Waals surface area contributed by atoms with Crippen molar-refractivity contribution in [3.05, 3.63) is 146 Å². The number of carbonyl (C=O) groups is 1. The zero-order valence-corrected chi connectivity index (χ0v) is 40.9. The van der Waals surface area contributed by atoms with Gasteiger partial charge in [-0.3, -0.25) is 19.3 Å². The molecule has 10 heteroatoms. The third-order valence-corrected chi connectivity index (χ3v) is 14.0. The number of para-hydroxylation sites is 2. The molecular weight excluding hydrogens is 833 g/mol. The fourth-order valence-electron chi connectivity index (χ4n) is 10.2. The van der Waals surface area contributed by atoms with E-state index < -0.39 is 10.9 Å². The van der Waals surface area contributed by atoms with Gasteiger partial charge in [-0.15, -0.1) is 0 Å². The summed E-state index contributed by atoms with van der Waals surface area (Å²) in [5.41, 5.74) is 8.82. The molecule has 0 aliphatic carbocycles. The van der Waals surface area contributed by atoms with E-state index in [1.54, 1.807) is 0 Å². The van der Waals surface area contributed by atoms with Crippen LogP contribution in [-0.4, -0.2) is 74.0 Å². The largest absolute Gasteiger partial charge is 0.494 e. The van der Waals surface area contributed by atoms with E-state index in [4.69, 9.17) is 4.74 Å². The Labute approximate surface area is 399 Å². The summed E-state index contributed by atoms with van der Waals surface area (Å²) >= 11 is 0. The Morgan fingerprint density at radius 3 is 2.16 bits per heavy atom. The number of nitrogens with zero attached hydrogens (tertiary/aromatic N) is 3. The molecule has 0 atom stereocenters. The van der Waals surface area contributed by atoms with E-state index in [1.165, 1.54) is 58.7 Å². The number of anilines is 3. The van der Waals surface area contributed by atoms with Crippen LogP contribution in [0.4, 0.5) is 22.7 Å². The summed E-state index contributed by atoms with van der Waals surface area (Å²) in [5, 5.41) is 9.45. The van der Waals surface area contributed by atoms with Gasteiger partial charge in [-0.25, -0.2) is 0 Å². The molecule has 1 fully saturated rings. The summed E-state index contributed by atoms with van der Waals surface area (Å²) in [6.45, 7) is 15.8. The Kier molecular flexibility index (Phi) is 17.1. The molecule has 0 unspecified atom stereocenters. The van der Waals surface area contributed by atoms with Crippen LogP contribution in [0, 0.1) is 0 Å². The van der Waals surface area contributed by atoms with Crippen molar-refractivity contribution >= 4 is 34.4 Å². The number of unbranched alkanes of at least 4 members (excludes halogenated alkanes) is 5. The monoisotopic (exact) mass is 908 g/mol. The molecule has 7 rings (SSSR count). The predicted molar refractivity (Wildman–Crippen MR) is 277 cm³/mol. The van der Waals surface area contributed by atoms with Crippen molar-refractivity contribution < 1.29 is 14.1 Å². The molecule has 0 saturated carbocycles. The molecule has 1 saturated heterocycles. The fraction of sp³-hybridized carbons (Fsp3) is 0.474. The van der Waals surface area contributed by atoms with Gasteiger partial charge in [0.2, 0.25) is 11.6 Å². The summed E-state index contributed by atoms with van der Waals surface area (Å²) in [4.78, 5) is 42.2. The Morgan fingerprint density at radius 2 is 1.40 bits per heavy atom. The van der Waals surface area contributed by atoms with Crippen molar-refractivity contribution in [2.45, 2.75) is 122 Å². The number of piperidine rings is 1. The lowest BCUT2D eigenvalue weighted by atomic mass is 9.81. The van der Waals surface area contributed by atoms with Crippen LogP contribution < -0.4 is 36.4 Å². The molecular formula is C57H75N6O4+. The minimum absolute atomic E-state index is 0.0496. The van der Waals surface area contributed by atoms with Crippen molar-refractivity contribution in [2.75, 3.05) is 68.5 Å². The molecule has 10 nitrogen and oxygen atoms in total. The molecule has 0 radical (unpaired) electrons. The maximum absolute atomic E-state index is 12.7. The van der Waals surface area contributed by atoms with Gasteiger partial charge >= 0.3 is 0 Å². The van der Waals surface area contributed by atoms with E-state index in [0.29, 0.717) is 50.5 Å². The summed E-state index contributed by atoms with van der Waals surface area (Å²) in [7, 11) is 2.15. The Morgan fingerprint density at radius 1 is 0.716 bits per heavy atom. The van der Waals surface area contributed by atoms with Crippen molar-refractivity contribution in [3.8, 4) is 5.75 Å². The smallest absolute Gasteiger partial charge is 0.253 e. The third-order valence-electron chi connectivity index (χ3n) is 14.0. The van der Waals surface area contributed by atoms with E-state index in [2.05, 4.69) is 156 Å². The maximum atomic E-state index is 12.7. The molecule has 3 N–H and O–H groups in total. The van der Waals surface area contributed by atoms with E-state index >= 15 is 0 Å². The zero-order chi connectivity index (χ0) is 47.2. The second kappa shape index (κ2) is 23.3. The fourth-order valence-corrected chi connectivity index (χ4v) is 10.2. The lowest BCUT2D eigenvalue weighted by Crippen LogP contribution is -2.37. The number of rotatable bonds is 25. The first-order valence-electron chi connectivity index (χ1n) is 25.1. The first-order valence-corrected chi connectivity index (χ1v) is 25.1. The first kappa shape index (κ1) is 49.2. The summed E-state index contributed by atoms with van der Waals surface area (Å²) < 4.78 is 8.30. The number of benzene rings is 3. The highest BCUT2D eigenvalue weighted by Gasteiger charge is 2.42. The van der Waals surface area contributed by atoms with Crippen LogP contribution in [0.25, 0.3) is 0 Å². The molecule has 0 aromatic heterocycles. The molecule has 3 aliphatic rings. The number of hydrogen-bond donors (Lipinski definition) is 3. The van der Waals surface area contributed by atoms with Gasteiger partial charge < -0.3 is 25.6 Å². The summed E-state index contributed by atoms with van der Waals surface area (Å²) in [5.74, 6) is 0.981. The predicted octanol–water partition coefficient (Wildman–Crippen LogP) is 10.3. The highest BCUT2D eigenvalue weighted by Crippen LogP contribution is 2.47. The van der Waals surface area contributed by atoms with Gasteiger partial charge in [0.25, 0.3) is 10.9 Å². The zero-order valence-electron chi connectivity index (χ0n) is 40.9. The third kappa shape index (κ3) is 12.2. The normalized spacial score (nSPS) is 17.2. The maximum Gasteiger partial charge on any atom is 0.253 e. The minimum atomic E-state index is -0.455. The van der Waals surface area contributed by atoms with Crippen LogP contribution >= 0.6 is 0 Å². The van der Waals surface area contributed by atoms with Gasteiger partial charge in [0.05, 0.1) is 12.0 Å². The molecule has 1 amide bonds. The number of nitrogens with one attached hydrogen (secondary N) is 3. The molecule has 0 spiro atoms. The standard InChI is InChI=1S/C57H74N6O4/c1-56(2)45-27-14-16-29-47(45)61(5)49(56)31-11-8-12-32-50-57(3,4)46-28-15-17-30-48(46)63(50)39-22-9-13-33-51(64)58-34-18-6-7-19-35-59-52-53(55(66)54(52)65)60-36-24-40-67-44-26-23-25-43(41-44)42-62-37-20-10-21-38-62/h8,11-12,14-17,23,25-32,41H,6-7,9-10,13,18-22,24,33-40,42H2,1-5H3,(H2-,58,59,60,64,65,66)/p+1. The Hall–Kier alpha value is -5.74. The van der Waals surface area contributed by atoms with Crippen molar-refractivity contribution in [2.24, 2.45) is 0 Å². The Balaban J connectivity index is 0.745. The van der Waals surface area contributed by atoms with Gasteiger partial charge in [0, 0.05) is 73.6 Å². The number of hydrogen-bond acceptors (Lipinski definition) is 8. The molecule has 3 aliphatic heterocycles. The topological polar surface area (TPSA) is 106 Å². The Bertz CT molecular complexity index is 2500. The van der Waals surface area contributed by atoms with Crippen molar-refractivity contribution in [1.29, 1.82) is 0 Å². The van der Waals surface area contributed by atoms with E-state index in [-0.39, 0.29) is 16.7 Å². The van der Waals surface area contributed by atoms with Gasteiger partial charge in [0.15, 0.2) is 5.71 Å². The average molecular weight is 908 g/mol. The van der Waals surface area contributed by atoms with Crippen LogP contribution in [0.1, 0.15) is 121 Å². The van der Waals surface area contributed by atoms with Crippen LogP contribution in [0.3, 0.4) is 0 Å². The molecule has 0 bridgehead atoms. The highest BCUT2D eigenvalue weighted by molar-refractivity contribution is 6.03.